The highest BCUT2D eigenvalue weighted by Gasteiger charge is 2.22. The molecule has 4 rings (SSSR count). The average molecular weight is 536 g/mol. The molecule has 2 aromatic carbocycles. The molecule has 0 saturated carbocycles. The summed E-state index contributed by atoms with van der Waals surface area (Å²) in [6, 6.07) is 15.1. The number of hydrogen-bond donors (Lipinski definition) is 2. The fourth-order valence-electron chi connectivity index (χ4n) is 3.80. The topological polar surface area (TPSA) is 106 Å². The van der Waals surface area contributed by atoms with Gasteiger partial charge in [-0.15, -0.1) is 0 Å². The second kappa shape index (κ2) is 10.9. The van der Waals surface area contributed by atoms with E-state index >= 15 is 0 Å². The average Bonchev–Trinajstić information content (AvgIpc) is 3.25. The summed E-state index contributed by atoms with van der Waals surface area (Å²) >= 11 is 12.5. The number of ketones is 1. The molecular formula is C27H23Cl2N5O3. The number of amides is 2. The first-order valence-corrected chi connectivity index (χ1v) is 12.1. The maximum absolute atomic E-state index is 13.4. The zero-order valence-corrected chi connectivity index (χ0v) is 21.8. The van der Waals surface area contributed by atoms with Crippen molar-refractivity contribution >= 4 is 46.5 Å². The van der Waals surface area contributed by atoms with Gasteiger partial charge in [0.05, 0.1) is 28.5 Å². The van der Waals surface area contributed by atoms with Crippen molar-refractivity contribution in [1.82, 2.24) is 20.1 Å². The van der Waals surface area contributed by atoms with E-state index in [2.05, 4.69) is 20.7 Å². The van der Waals surface area contributed by atoms with Gasteiger partial charge in [0.2, 0.25) is 0 Å². The van der Waals surface area contributed by atoms with Crippen molar-refractivity contribution in [2.45, 2.75) is 20.8 Å². The highest BCUT2D eigenvalue weighted by Crippen LogP contribution is 2.27. The molecule has 0 bridgehead atoms. The molecule has 0 fully saturated rings. The monoisotopic (exact) mass is 535 g/mol. The minimum atomic E-state index is -0.556. The smallest absolute Gasteiger partial charge is 0.274 e. The molecule has 2 aromatic heterocycles. The van der Waals surface area contributed by atoms with E-state index in [1.807, 2.05) is 13.0 Å². The fourth-order valence-corrected chi connectivity index (χ4v) is 4.27. The second-order valence-electron chi connectivity index (χ2n) is 8.47. The van der Waals surface area contributed by atoms with Crippen molar-refractivity contribution in [2.24, 2.45) is 0 Å². The Morgan fingerprint density at radius 3 is 2.46 bits per heavy atom. The van der Waals surface area contributed by atoms with E-state index in [9.17, 15) is 14.4 Å². The van der Waals surface area contributed by atoms with E-state index in [1.54, 1.807) is 62.5 Å². The molecule has 0 unspecified atom stereocenters. The number of aryl methyl sites for hydroxylation is 3. The molecule has 0 aliphatic carbocycles. The number of benzene rings is 2. The summed E-state index contributed by atoms with van der Waals surface area (Å²) in [4.78, 5) is 43.3. The largest absolute Gasteiger partial charge is 0.345 e. The summed E-state index contributed by atoms with van der Waals surface area (Å²) in [6.07, 6.45) is 1.55. The third-order valence-electron chi connectivity index (χ3n) is 5.54. The Morgan fingerprint density at radius 1 is 0.946 bits per heavy atom. The van der Waals surface area contributed by atoms with Crippen molar-refractivity contribution < 1.29 is 14.4 Å². The lowest BCUT2D eigenvalue weighted by Crippen LogP contribution is -2.31. The fraction of sp³-hybridized carbons (Fsp3) is 0.148. The first-order valence-electron chi connectivity index (χ1n) is 11.3. The number of rotatable bonds is 7. The Morgan fingerprint density at radius 2 is 1.73 bits per heavy atom. The number of halogens is 2. The van der Waals surface area contributed by atoms with Crippen LogP contribution in [0.15, 0.2) is 60.8 Å². The summed E-state index contributed by atoms with van der Waals surface area (Å²) in [6.45, 7) is 5.12. The minimum Gasteiger partial charge on any atom is -0.345 e. The van der Waals surface area contributed by atoms with Crippen molar-refractivity contribution in [3.8, 4) is 5.82 Å². The van der Waals surface area contributed by atoms with Gasteiger partial charge in [-0.1, -0.05) is 47.0 Å². The van der Waals surface area contributed by atoms with E-state index in [1.165, 1.54) is 10.7 Å². The number of pyridine rings is 1. The SMILES string of the molecule is Cc1cccc(C(=O)CNC(=O)c2cc(Cl)cc(C)c2NC(=O)c2cc(C)nn2-c2ncccc2Cl)c1. The number of hydrogen-bond acceptors (Lipinski definition) is 5. The molecule has 188 valence electrons. The van der Waals surface area contributed by atoms with Crippen LogP contribution in [0.3, 0.4) is 0 Å². The van der Waals surface area contributed by atoms with Gasteiger partial charge in [-0.05, 0) is 62.7 Å². The van der Waals surface area contributed by atoms with Crippen LogP contribution in [-0.4, -0.2) is 38.9 Å². The number of anilines is 1. The molecule has 4 aromatic rings. The van der Waals surface area contributed by atoms with E-state index in [4.69, 9.17) is 23.2 Å². The summed E-state index contributed by atoms with van der Waals surface area (Å²) < 4.78 is 1.35. The lowest BCUT2D eigenvalue weighted by Gasteiger charge is -2.15. The molecule has 0 spiro atoms. The van der Waals surface area contributed by atoms with Crippen LogP contribution in [0.4, 0.5) is 5.69 Å². The van der Waals surface area contributed by atoms with Gasteiger partial charge in [0.1, 0.15) is 5.69 Å². The number of nitrogens with one attached hydrogen (secondary N) is 2. The van der Waals surface area contributed by atoms with Gasteiger partial charge in [0.25, 0.3) is 11.8 Å². The van der Waals surface area contributed by atoms with Gasteiger partial charge < -0.3 is 10.6 Å². The number of aromatic nitrogens is 3. The van der Waals surface area contributed by atoms with Crippen LogP contribution < -0.4 is 10.6 Å². The molecule has 2 amide bonds. The van der Waals surface area contributed by atoms with Crippen LogP contribution in [-0.2, 0) is 0 Å². The molecule has 8 nitrogen and oxygen atoms in total. The predicted molar refractivity (Wildman–Crippen MR) is 143 cm³/mol. The third kappa shape index (κ3) is 5.87. The zero-order chi connectivity index (χ0) is 26.7. The van der Waals surface area contributed by atoms with Crippen LogP contribution in [0, 0.1) is 20.8 Å². The first kappa shape index (κ1) is 26.1. The summed E-state index contributed by atoms with van der Waals surface area (Å²) in [5, 5.41) is 10.4. The molecule has 0 aliphatic heterocycles. The molecule has 0 atom stereocenters. The maximum atomic E-state index is 13.4. The Kier molecular flexibility index (Phi) is 7.71. The zero-order valence-electron chi connectivity index (χ0n) is 20.3. The van der Waals surface area contributed by atoms with Crippen LogP contribution in [0.1, 0.15) is 48.0 Å². The van der Waals surface area contributed by atoms with Crippen molar-refractivity contribution in [1.29, 1.82) is 0 Å². The molecular weight excluding hydrogens is 513 g/mol. The van der Waals surface area contributed by atoms with E-state index < -0.39 is 11.8 Å². The lowest BCUT2D eigenvalue weighted by atomic mass is 10.1. The molecule has 0 saturated heterocycles. The van der Waals surface area contributed by atoms with Crippen molar-refractivity contribution in [3.05, 3.63) is 104 Å². The molecule has 2 heterocycles. The standard InChI is InChI=1S/C27H23Cl2N5O3/c1-15-6-4-7-18(10-15)23(35)14-31-26(36)20-13-19(28)11-16(2)24(20)32-27(37)22-12-17(3)33-34(22)25-21(29)8-5-9-30-25/h4-13H,14H2,1-3H3,(H,31,36)(H,32,37). The van der Waals surface area contributed by atoms with Crippen molar-refractivity contribution in [3.63, 3.8) is 0 Å². The number of nitrogens with zero attached hydrogens (tertiary/aromatic N) is 3. The molecule has 2 N–H and O–H groups in total. The van der Waals surface area contributed by atoms with Gasteiger partial charge in [0.15, 0.2) is 11.6 Å². The van der Waals surface area contributed by atoms with Gasteiger partial charge in [-0.3, -0.25) is 14.4 Å². The Bertz CT molecular complexity index is 1530. The normalized spacial score (nSPS) is 10.7. The number of carbonyl (C=O) groups is 3. The van der Waals surface area contributed by atoms with E-state index in [-0.39, 0.29) is 29.3 Å². The Balaban J connectivity index is 1.60. The summed E-state index contributed by atoms with van der Waals surface area (Å²) in [7, 11) is 0. The summed E-state index contributed by atoms with van der Waals surface area (Å²) in [5.41, 5.74) is 3.12. The lowest BCUT2D eigenvalue weighted by molar-refractivity contribution is 0.0904. The quantitative estimate of drug-likeness (QED) is 0.309. The van der Waals surface area contributed by atoms with Crippen LogP contribution in [0.5, 0.6) is 0 Å². The molecule has 10 heteroatoms. The molecule has 0 aliphatic rings. The highest BCUT2D eigenvalue weighted by molar-refractivity contribution is 6.32. The maximum Gasteiger partial charge on any atom is 0.274 e. The molecule has 37 heavy (non-hydrogen) atoms. The Labute approximate surface area is 223 Å². The van der Waals surface area contributed by atoms with Crippen molar-refractivity contribution in [2.75, 3.05) is 11.9 Å². The highest BCUT2D eigenvalue weighted by atomic mass is 35.5. The predicted octanol–water partition coefficient (Wildman–Crippen LogP) is 5.36. The van der Waals surface area contributed by atoms with Crippen LogP contribution in [0.25, 0.3) is 5.82 Å². The first-order chi connectivity index (χ1) is 17.6. The van der Waals surface area contributed by atoms with Gasteiger partial charge in [-0.2, -0.15) is 5.10 Å². The third-order valence-corrected chi connectivity index (χ3v) is 6.05. The van der Waals surface area contributed by atoms with Gasteiger partial charge >= 0.3 is 0 Å². The Hall–Kier alpha value is -4.01. The van der Waals surface area contributed by atoms with Gasteiger partial charge in [0, 0.05) is 16.8 Å². The summed E-state index contributed by atoms with van der Waals surface area (Å²) in [5.74, 6) is -1.03. The number of carbonyl (C=O) groups excluding carboxylic acids is 3. The van der Waals surface area contributed by atoms with Gasteiger partial charge in [-0.25, -0.2) is 9.67 Å². The van der Waals surface area contributed by atoms with E-state index in [0.717, 1.165) is 5.56 Å². The second-order valence-corrected chi connectivity index (χ2v) is 9.31. The number of Topliss-reactive ketones (excluding diaryl/α,β-unsaturated/α-hetero) is 1. The van der Waals surface area contributed by atoms with Crippen LogP contribution in [0.2, 0.25) is 10.0 Å². The molecule has 0 radical (unpaired) electrons. The van der Waals surface area contributed by atoms with Crippen LogP contribution >= 0.6 is 23.2 Å². The van der Waals surface area contributed by atoms with E-state index in [0.29, 0.717) is 32.7 Å². The minimum absolute atomic E-state index is 0.119.